The van der Waals surface area contributed by atoms with E-state index in [1.165, 1.54) is 0 Å². The van der Waals surface area contributed by atoms with Crippen LogP contribution in [-0.4, -0.2) is 18.3 Å². The van der Waals surface area contributed by atoms with Crippen molar-refractivity contribution < 1.29 is 9.84 Å². The molecule has 0 radical (unpaired) electrons. The Kier molecular flexibility index (Phi) is 6.21. The molecule has 0 spiro atoms. The molecule has 92 valence electrons. The fourth-order valence-corrected chi connectivity index (χ4v) is 1.63. The van der Waals surface area contributed by atoms with Crippen LogP contribution in [-0.2, 0) is 0 Å². The summed E-state index contributed by atoms with van der Waals surface area (Å²) in [6.45, 7) is 2.57. The average molecular weight is 273 g/mol. The van der Waals surface area contributed by atoms with Gasteiger partial charge in [0.25, 0.3) is 0 Å². The van der Waals surface area contributed by atoms with Gasteiger partial charge in [-0.25, -0.2) is 0 Å². The third-order valence-corrected chi connectivity index (χ3v) is 2.61. The van der Waals surface area contributed by atoms with Gasteiger partial charge >= 0.3 is 0 Å². The van der Waals surface area contributed by atoms with Gasteiger partial charge in [-0.15, -0.1) is 0 Å². The molecule has 0 aromatic heterocycles. The van der Waals surface area contributed by atoms with Crippen LogP contribution < -0.4 is 4.74 Å². The molecule has 0 saturated carbocycles. The van der Waals surface area contributed by atoms with Crippen molar-refractivity contribution in [3.63, 3.8) is 0 Å². The highest BCUT2D eigenvalue weighted by molar-refractivity contribution is 6.35. The largest absolute Gasteiger partial charge is 0.492 e. The van der Waals surface area contributed by atoms with Crippen LogP contribution in [0.15, 0.2) is 12.1 Å². The molecule has 2 nitrogen and oxygen atoms in total. The smallest absolute Gasteiger partial charge is 0.139 e. The van der Waals surface area contributed by atoms with Gasteiger partial charge in [0, 0.05) is 24.7 Å². The second-order valence-electron chi connectivity index (χ2n) is 3.32. The van der Waals surface area contributed by atoms with Gasteiger partial charge in [0.15, 0.2) is 0 Å². The van der Waals surface area contributed by atoms with Crippen molar-refractivity contribution in [1.82, 2.24) is 0 Å². The maximum atomic E-state index is 8.63. The van der Waals surface area contributed by atoms with Crippen molar-refractivity contribution in [2.24, 2.45) is 0 Å². The molecule has 0 fully saturated rings. The van der Waals surface area contributed by atoms with Crippen molar-refractivity contribution in [1.29, 1.82) is 0 Å². The van der Waals surface area contributed by atoms with E-state index >= 15 is 0 Å². The third kappa shape index (κ3) is 4.47. The number of halogens is 2. The lowest BCUT2D eigenvalue weighted by Crippen LogP contribution is -1.93. The molecule has 0 heterocycles. The van der Waals surface area contributed by atoms with Crippen LogP contribution in [0.4, 0.5) is 0 Å². The first-order valence-corrected chi connectivity index (χ1v) is 6.16. The minimum atomic E-state index is 0.145. The quantitative estimate of drug-likeness (QED) is 0.672. The number of aliphatic hydroxyl groups excluding tert-OH is 1. The van der Waals surface area contributed by atoms with E-state index in [2.05, 4.69) is 11.8 Å². The van der Waals surface area contributed by atoms with Crippen molar-refractivity contribution in [3.8, 4) is 17.6 Å². The van der Waals surface area contributed by atoms with Crippen LogP contribution in [0, 0.1) is 11.8 Å². The zero-order valence-corrected chi connectivity index (χ0v) is 11.1. The standard InChI is InChI=1S/C13H14Cl2O2/c1-2-17-13-9-11(14)10(8-12(13)15)6-4-3-5-7-16/h8-9,16H,2-3,5,7H2,1H3. The summed E-state index contributed by atoms with van der Waals surface area (Å²) in [6, 6.07) is 3.37. The lowest BCUT2D eigenvalue weighted by atomic mass is 10.2. The Morgan fingerprint density at radius 3 is 2.71 bits per heavy atom. The zero-order valence-electron chi connectivity index (χ0n) is 9.59. The fourth-order valence-electron chi connectivity index (χ4n) is 1.22. The van der Waals surface area contributed by atoms with E-state index < -0.39 is 0 Å². The molecule has 17 heavy (non-hydrogen) atoms. The molecule has 1 N–H and O–H groups in total. The van der Waals surface area contributed by atoms with E-state index in [1.807, 2.05) is 6.92 Å². The van der Waals surface area contributed by atoms with E-state index in [1.54, 1.807) is 12.1 Å². The summed E-state index contributed by atoms with van der Waals surface area (Å²) >= 11 is 12.1. The van der Waals surface area contributed by atoms with Crippen LogP contribution in [0.3, 0.4) is 0 Å². The Labute approximate surface area is 111 Å². The summed E-state index contributed by atoms with van der Waals surface area (Å²) in [4.78, 5) is 0. The predicted molar refractivity (Wildman–Crippen MR) is 70.8 cm³/mol. The average Bonchev–Trinajstić information content (AvgIpc) is 2.30. The van der Waals surface area contributed by atoms with E-state index in [0.29, 0.717) is 40.8 Å². The lowest BCUT2D eigenvalue weighted by Gasteiger charge is -2.06. The fraction of sp³-hybridized carbons (Fsp3) is 0.385. The SMILES string of the molecule is CCOc1cc(Cl)c(C#CCCCO)cc1Cl. The molecule has 0 amide bonds. The molecule has 4 heteroatoms. The Hall–Kier alpha value is -0.880. The lowest BCUT2D eigenvalue weighted by molar-refractivity contribution is 0.290. The molecule has 0 unspecified atom stereocenters. The van der Waals surface area contributed by atoms with Gasteiger partial charge in [-0.1, -0.05) is 35.0 Å². The van der Waals surface area contributed by atoms with Gasteiger partial charge in [-0.2, -0.15) is 0 Å². The first-order chi connectivity index (χ1) is 8.19. The Balaban J connectivity index is 2.86. The molecule has 0 bridgehead atoms. The summed E-state index contributed by atoms with van der Waals surface area (Å²) in [6.07, 6.45) is 1.30. The second kappa shape index (κ2) is 7.45. The molecule has 0 aliphatic rings. The first-order valence-electron chi connectivity index (χ1n) is 5.40. The summed E-state index contributed by atoms with van der Waals surface area (Å²) in [5, 5.41) is 9.65. The minimum Gasteiger partial charge on any atom is -0.492 e. The maximum absolute atomic E-state index is 8.63. The topological polar surface area (TPSA) is 29.5 Å². The molecule has 0 aliphatic heterocycles. The molecule has 1 aromatic carbocycles. The van der Waals surface area contributed by atoms with Gasteiger partial charge < -0.3 is 9.84 Å². The second-order valence-corrected chi connectivity index (χ2v) is 4.14. The van der Waals surface area contributed by atoms with Crippen molar-refractivity contribution in [2.75, 3.05) is 13.2 Å². The summed E-state index contributed by atoms with van der Waals surface area (Å²) in [5.74, 6) is 6.42. The van der Waals surface area contributed by atoms with Crippen LogP contribution in [0.5, 0.6) is 5.75 Å². The van der Waals surface area contributed by atoms with E-state index in [9.17, 15) is 0 Å². The molecule has 1 aromatic rings. The van der Waals surface area contributed by atoms with Gasteiger partial charge in [0.05, 0.1) is 16.7 Å². The highest BCUT2D eigenvalue weighted by Gasteiger charge is 2.06. The molecular weight excluding hydrogens is 259 g/mol. The predicted octanol–water partition coefficient (Wildman–Crippen LogP) is 3.52. The van der Waals surface area contributed by atoms with Crippen LogP contribution in [0.2, 0.25) is 10.0 Å². The summed E-state index contributed by atoms with van der Waals surface area (Å²) in [7, 11) is 0. The summed E-state index contributed by atoms with van der Waals surface area (Å²) < 4.78 is 5.32. The van der Waals surface area contributed by atoms with Crippen molar-refractivity contribution >= 4 is 23.2 Å². The summed E-state index contributed by atoms with van der Waals surface area (Å²) in [5.41, 5.74) is 0.679. The Bertz CT molecular complexity index is 433. The van der Waals surface area contributed by atoms with Crippen molar-refractivity contribution in [3.05, 3.63) is 27.7 Å². The number of ether oxygens (including phenoxy) is 1. The molecule has 1 rings (SSSR count). The molecule has 0 aliphatic carbocycles. The molecule has 0 saturated heterocycles. The van der Waals surface area contributed by atoms with Gasteiger partial charge in [-0.05, 0) is 19.4 Å². The number of unbranched alkanes of at least 4 members (excludes halogenated alkanes) is 1. The van der Waals surface area contributed by atoms with Gasteiger partial charge in [-0.3, -0.25) is 0 Å². The monoisotopic (exact) mass is 272 g/mol. The molecular formula is C13H14Cl2O2. The van der Waals surface area contributed by atoms with Crippen molar-refractivity contribution in [2.45, 2.75) is 19.8 Å². The number of hydrogen-bond donors (Lipinski definition) is 1. The van der Waals surface area contributed by atoms with E-state index in [-0.39, 0.29) is 6.61 Å². The number of benzene rings is 1. The van der Waals surface area contributed by atoms with Crippen LogP contribution in [0.25, 0.3) is 0 Å². The van der Waals surface area contributed by atoms with E-state index in [0.717, 1.165) is 0 Å². The zero-order chi connectivity index (χ0) is 12.7. The number of aliphatic hydroxyl groups is 1. The van der Waals surface area contributed by atoms with Crippen LogP contribution in [0.1, 0.15) is 25.3 Å². The first kappa shape index (κ1) is 14.2. The molecule has 0 atom stereocenters. The highest BCUT2D eigenvalue weighted by atomic mass is 35.5. The highest BCUT2D eigenvalue weighted by Crippen LogP contribution is 2.30. The third-order valence-electron chi connectivity index (χ3n) is 2.00. The normalized spacial score (nSPS) is 9.65. The maximum Gasteiger partial charge on any atom is 0.139 e. The van der Waals surface area contributed by atoms with Crippen LogP contribution >= 0.6 is 23.2 Å². The minimum absolute atomic E-state index is 0.145. The van der Waals surface area contributed by atoms with Gasteiger partial charge in [0.1, 0.15) is 5.75 Å². The Morgan fingerprint density at radius 2 is 2.06 bits per heavy atom. The number of hydrogen-bond acceptors (Lipinski definition) is 2. The number of rotatable bonds is 4. The van der Waals surface area contributed by atoms with E-state index in [4.69, 9.17) is 33.0 Å². The Morgan fingerprint density at radius 1 is 1.29 bits per heavy atom. The van der Waals surface area contributed by atoms with Gasteiger partial charge in [0.2, 0.25) is 0 Å².